The van der Waals surface area contributed by atoms with Crippen molar-refractivity contribution in [2.24, 2.45) is 50.2 Å². The molecule has 0 heterocycles. The third-order valence-corrected chi connectivity index (χ3v) is 13.5. The van der Waals surface area contributed by atoms with Gasteiger partial charge in [-0.2, -0.15) is 0 Å². The van der Waals surface area contributed by atoms with Crippen LogP contribution in [0.25, 0.3) is 0 Å². The highest BCUT2D eigenvalue weighted by atomic mass is 16.5. The van der Waals surface area contributed by atoms with Gasteiger partial charge in [0.1, 0.15) is 0 Å². The fraction of sp³-hybridized carbons (Fsp3) is 0.939. The molecule has 0 aliphatic heterocycles. The monoisotopic (exact) mass is 468 g/mol. The van der Waals surface area contributed by atoms with Crippen molar-refractivity contribution >= 4 is 0 Å². The summed E-state index contributed by atoms with van der Waals surface area (Å²) in [7, 11) is 0. The van der Waals surface area contributed by atoms with Gasteiger partial charge < -0.3 is 4.74 Å². The van der Waals surface area contributed by atoms with E-state index in [1.54, 1.807) is 0 Å². The van der Waals surface area contributed by atoms with Gasteiger partial charge in [-0.25, -0.2) is 0 Å². The Bertz CT molecular complexity index is 835. The molecule has 0 aromatic carbocycles. The molecule has 0 radical (unpaired) electrons. The van der Waals surface area contributed by atoms with Gasteiger partial charge in [0.15, 0.2) is 0 Å². The van der Waals surface area contributed by atoms with Crippen LogP contribution in [0.2, 0.25) is 0 Å². The van der Waals surface area contributed by atoms with E-state index >= 15 is 0 Å². The topological polar surface area (TPSA) is 9.23 Å². The smallest absolute Gasteiger partial charge is 0.0629 e. The minimum absolute atomic E-state index is 0.285. The molecule has 34 heavy (non-hydrogen) atoms. The zero-order valence-corrected chi connectivity index (χ0v) is 24.3. The number of hydrogen-bond donors (Lipinski definition) is 0. The molecule has 5 aliphatic carbocycles. The van der Waals surface area contributed by atoms with E-state index in [0.717, 1.165) is 30.8 Å². The lowest BCUT2D eigenvalue weighted by Gasteiger charge is -2.71. The average Bonchev–Trinajstić information content (AvgIpc) is 2.74. The summed E-state index contributed by atoms with van der Waals surface area (Å²) in [6.07, 6.45) is 18.3. The van der Waals surface area contributed by atoms with Crippen LogP contribution in [-0.4, -0.2) is 12.7 Å². The van der Waals surface area contributed by atoms with Crippen molar-refractivity contribution in [3.05, 3.63) is 11.6 Å². The first-order valence-corrected chi connectivity index (χ1v) is 15.1. The molecule has 0 N–H and O–H groups in total. The van der Waals surface area contributed by atoms with Gasteiger partial charge in [0.25, 0.3) is 0 Å². The summed E-state index contributed by atoms with van der Waals surface area (Å²) in [5.41, 5.74) is 4.52. The molecule has 5 aliphatic rings. The van der Waals surface area contributed by atoms with Crippen molar-refractivity contribution < 1.29 is 4.74 Å². The molecule has 8 atom stereocenters. The lowest BCUT2D eigenvalue weighted by atomic mass is 9.33. The summed E-state index contributed by atoms with van der Waals surface area (Å²) in [5.74, 6) is 2.42. The fourth-order valence-electron chi connectivity index (χ4n) is 11.1. The molecule has 194 valence electrons. The molecule has 8 unspecified atom stereocenters. The van der Waals surface area contributed by atoms with Crippen LogP contribution in [-0.2, 0) is 4.74 Å². The third-order valence-electron chi connectivity index (χ3n) is 13.5. The average molecular weight is 469 g/mol. The highest BCUT2D eigenvalue weighted by Crippen LogP contribution is 2.75. The van der Waals surface area contributed by atoms with Crippen LogP contribution in [0.4, 0.5) is 0 Å². The standard InChI is InChI=1S/C33H56O/c1-10-21-34-27-14-15-31(7)25(29(27,4)5)13-16-33(9)26(31)12-11-23-24-22-28(2,3)17-18-30(24,6)19-20-32(23,33)8/h11,24-27H,10,12-22H2,1-9H3. The van der Waals surface area contributed by atoms with Crippen molar-refractivity contribution in [2.75, 3.05) is 6.61 Å². The minimum Gasteiger partial charge on any atom is -0.378 e. The van der Waals surface area contributed by atoms with Crippen molar-refractivity contribution in [2.45, 2.75) is 139 Å². The molecular weight excluding hydrogens is 412 g/mol. The summed E-state index contributed by atoms with van der Waals surface area (Å²) in [6.45, 7) is 24.2. The Hall–Kier alpha value is -0.300. The van der Waals surface area contributed by atoms with Crippen LogP contribution in [0, 0.1) is 50.2 Å². The van der Waals surface area contributed by atoms with Crippen molar-refractivity contribution in [1.82, 2.24) is 0 Å². The quantitative estimate of drug-likeness (QED) is 0.375. The van der Waals surface area contributed by atoms with Crippen LogP contribution in [0.15, 0.2) is 11.6 Å². The summed E-state index contributed by atoms with van der Waals surface area (Å²) < 4.78 is 6.49. The largest absolute Gasteiger partial charge is 0.378 e. The van der Waals surface area contributed by atoms with E-state index < -0.39 is 0 Å². The SMILES string of the molecule is CCCOC1CCC2(C)C(CCC3(C)C2CC=C2C4CC(C)(C)CCC4(C)CCC23C)C1(C)C. The van der Waals surface area contributed by atoms with Crippen LogP contribution < -0.4 is 0 Å². The summed E-state index contributed by atoms with van der Waals surface area (Å²) >= 11 is 0. The number of allylic oxidation sites excluding steroid dienone is 2. The molecule has 4 saturated carbocycles. The number of ether oxygens (including phenoxy) is 1. The van der Waals surface area contributed by atoms with Crippen molar-refractivity contribution in [1.29, 1.82) is 0 Å². The van der Waals surface area contributed by atoms with Crippen molar-refractivity contribution in [3.63, 3.8) is 0 Å². The van der Waals surface area contributed by atoms with Crippen LogP contribution in [0.1, 0.15) is 133 Å². The van der Waals surface area contributed by atoms with Crippen molar-refractivity contribution in [3.8, 4) is 0 Å². The highest BCUT2D eigenvalue weighted by molar-refractivity contribution is 5.33. The van der Waals surface area contributed by atoms with Gasteiger partial charge in [-0.1, -0.05) is 74.0 Å². The summed E-state index contributed by atoms with van der Waals surface area (Å²) in [6, 6.07) is 0. The van der Waals surface area contributed by atoms with E-state index in [-0.39, 0.29) is 5.41 Å². The summed E-state index contributed by atoms with van der Waals surface area (Å²) in [5, 5.41) is 0. The molecule has 1 heteroatoms. The molecule has 0 spiro atoms. The minimum atomic E-state index is 0.285. The molecule has 0 saturated heterocycles. The molecule has 5 rings (SSSR count). The molecule has 0 bridgehead atoms. The van der Waals surface area contributed by atoms with Gasteiger partial charge in [0.05, 0.1) is 6.10 Å². The Labute approximate surface area is 212 Å². The zero-order valence-electron chi connectivity index (χ0n) is 24.3. The lowest BCUT2D eigenvalue weighted by molar-refractivity contribution is -0.211. The Morgan fingerprint density at radius 2 is 1.53 bits per heavy atom. The van der Waals surface area contributed by atoms with Gasteiger partial charge in [-0.05, 0) is 121 Å². The molecule has 0 amide bonds. The van der Waals surface area contributed by atoms with E-state index in [1.165, 1.54) is 64.2 Å². The second kappa shape index (κ2) is 7.85. The maximum absolute atomic E-state index is 6.49. The van der Waals surface area contributed by atoms with E-state index in [1.807, 2.05) is 5.57 Å². The molecule has 0 aromatic rings. The van der Waals surface area contributed by atoms with Gasteiger partial charge in [0, 0.05) is 6.61 Å². The van der Waals surface area contributed by atoms with E-state index in [9.17, 15) is 0 Å². The highest BCUT2D eigenvalue weighted by Gasteiger charge is 2.67. The number of hydrogen-bond acceptors (Lipinski definition) is 1. The fourth-order valence-corrected chi connectivity index (χ4v) is 11.1. The predicted octanol–water partition coefficient (Wildman–Crippen LogP) is 9.60. The lowest BCUT2D eigenvalue weighted by Crippen LogP contribution is -2.64. The maximum atomic E-state index is 6.49. The zero-order chi connectivity index (χ0) is 24.8. The number of fused-ring (bicyclic) bond motifs is 7. The first-order valence-electron chi connectivity index (χ1n) is 15.1. The maximum Gasteiger partial charge on any atom is 0.0629 e. The van der Waals surface area contributed by atoms with E-state index in [2.05, 4.69) is 68.4 Å². The second-order valence-corrected chi connectivity index (χ2v) is 16.1. The summed E-state index contributed by atoms with van der Waals surface area (Å²) in [4.78, 5) is 0. The van der Waals surface area contributed by atoms with Gasteiger partial charge in [-0.15, -0.1) is 0 Å². The van der Waals surface area contributed by atoms with Crippen LogP contribution >= 0.6 is 0 Å². The van der Waals surface area contributed by atoms with Crippen LogP contribution in [0.5, 0.6) is 0 Å². The number of rotatable bonds is 3. The predicted molar refractivity (Wildman–Crippen MR) is 145 cm³/mol. The van der Waals surface area contributed by atoms with Gasteiger partial charge >= 0.3 is 0 Å². The van der Waals surface area contributed by atoms with Gasteiger partial charge in [-0.3, -0.25) is 0 Å². The van der Waals surface area contributed by atoms with Gasteiger partial charge in [0.2, 0.25) is 0 Å². The van der Waals surface area contributed by atoms with E-state index in [4.69, 9.17) is 4.74 Å². The second-order valence-electron chi connectivity index (χ2n) is 16.1. The first kappa shape index (κ1) is 25.4. The Balaban J connectivity index is 1.51. The Morgan fingerprint density at radius 3 is 2.24 bits per heavy atom. The molecular formula is C33H56O. The first-order chi connectivity index (χ1) is 15.7. The molecule has 4 fully saturated rings. The Kier molecular flexibility index (Phi) is 5.85. The third kappa shape index (κ3) is 3.33. The van der Waals surface area contributed by atoms with Crippen LogP contribution in [0.3, 0.4) is 0 Å². The molecule has 0 aromatic heterocycles. The molecule has 1 nitrogen and oxygen atoms in total. The van der Waals surface area contributed by atoms with E-state index in [0.29, 0.717) is 33.2 Å². The normalized spacial score (nSPS) is 51.4. The Morgan fingerprint density at radius 1 is 0.824 bits per heavy atom.